The zero-order valence-corrected chi connectivity index (χ0v) is 10.6. The predicted octanol–water partition coefficient (Wildman–Crippen LogP) is 3.01. The SMILES string of the molecule is CC1(C)CC(Cc2cccc(O)c2)=CC(N)C1. The monoisotopic (exact) mass is 231 g/mol. The summed E-state index contributed by atoms with van der Waals surface area (Å²) < 4.78 is 0. The van der Waals surface area contributed by atoms with Crippen molar-refractivity contribution < 1.29 is 5.11 Å². The van der Waals surface area contributed by atoms with Gasteiger partial charge in [0.05, 0.1) is 0 Å². The van der Waals surface area contributed by atoms with Crippen LogP contribution in [-0.2, 0) is 6.42 Å². The van der Waals surface area contributed by atoms with Crippen LogP contribution in [0.4, 0.5) is 0 Å². The van der Waals surface area contributed by atoms with Gasteiger partial charge in [0.1, 0.15) is 5.75 Å². The van der Waals surface area contributed by atoms with Crippen molar-refractivity contribution in [3.05, 3.63) is 41.5 Å². The molecule has 17 heavy (non-hydrogen) atoms. The number of hydrogen-bond donors (Lipinski definition) is 2. The Labute approximate surface area is 103 Å². The molecule has 1 aliphatic carbocycles. The van der Waals surface area contributed by atoms with E-state index >= 15 is 0 Å². The number of nitrogens with two attached hydrogens (primary N) is 1. The Kier molecular flexibility index (Phi) is 3.25. The third-order valence-electron chi connectivity index (χ3n) is 3.29. The maximum absolute atomic E-state index is 9.45. The summed E-state index contributed by atoms with van der Waals surface area (Å²) in [5, 5.41) is 9.45. The van der Waals surface area contributed by atoms with Crippen LogP contribution in [0.1, 0.15) is 32.3 Å². The van der Waals surface area contributed by atoms with Crippen molar-refractivity contribution in [2.45, 2.75) is 39.2 Å². The Bertz CT molecular complexity index is 434. The van der Waals surface area contributed by atoms with E-state index in [4.69, 9.17) is 5.73 Å². The quantitative estimate of drug-likeness (QED) is 0.769. The van der Waals surface area contributed by atoms with Crippen LogP contribution >= 0.6 is 0 Å². The van der Waals surface area contributed by atoms with Crippen molar-refractivity contribution in [2.75, 3.05) is 0 Å². The summed E-state index contributed by atoms with van der Waals surface area (Å²) in [6.45, 7) is 4.53. The zero-order valence-electron chi connectivity index (χ0n) is 10.6. The second-order valence-corrected chi connectivity index (χ2v) is 5.88. The molecule has 0 heterocycles. The van der Waals surface area contributed by atoms with Gasteiger partial charge in [0.25, 0.3) is 0 Å². The van der Waals surface area contributed by atoms with Gasteiger partial charge >= 0.3 is 0 Å². The molecule has 0 fully saturated rings. The molecule has 2 rings (SSSR count). The summed E-state index contributed by atoms with van der Waals surface area (Å²) in [6.07, 6.45) is 5.23. The lowest BCUT2D eigenvalue weighted by Gasteiger charge is -2.33. The van der Waals surface area contributed by atoms with E-state index in [0.717, 1.165) is 24.8 Å². The van der Waals surface area contributed by atoms with Gasteiger partial charge in [-0.15, -0.1) is 0 Å². The van der Waals surface area contributed by atoms with Crippen LogP contribution in [0.3, 0.4) is 0 Å². The molecule has 0 aromatic heterocycles. The number of rotatable bonds is 2. The molecule has 1 aromatic rings. The van der Waals surface area contributed by atoms with Crippen molar-refractivity contribution in [1.29, 1.82) is 0 Å². The molecule has 0 saturated heterocycles. The van der Waals surface area contributed by atoms with Crippen LogP contribution in [0.5, 0.6) is 5.75 Å². The molecule has 1 aromatic carbocycles. The lowest BCUT2D eigenvalue weighted by atomic mass is 9.74. The van der Waals surface area contributed by atoms with E-state index in [9.17, 15) is 5.11 Å². The van der Waals surface area contributed by atoms with E-state index in [0.29, 0.717) is 11.2 Å². The minimum atomic E-state index is 0.172. The first-order valence-corrected chi connectivity index (χ1v) is 6.18. The molecule has 0 aliphatic heterocycles. The number of phenolic OH excluding ortho intramolecular Hbond substituents is 1. The first-order valence-electron chi connectivity index (χ1n) is 6.18. The summed E-state index contributed by atoms with van der Waals surface area (Å²) in [5.41, 5.74) is 8.89. The van der Waals surface area contributed by atoms with E-state index < -0.39 is 0 Å². The van der Waals surface area contributed by atoms with Gasteiger partial charge in [0, 0.05) is 6.04 Å². The van der Waals surface area contributed by atoms with Crippen LogP contribution in [-0.4, -0.2) is 11.1 Å². The largest absolute Gasteiger partial charge is 0.508 e. The minimum absolute atomic E-state index is 0.172. The standard InChI is InChI=1S/C15H21NO/c1-15(2)9-12(7-13(16)10-15)6-11-4-3-5-14(17)8-11/h3-5,7-8,13,17H,6,9-10,16H2,1-2H3. The Morgan fingerprint density at radius 3 is 2.82 bits per heavy atom. The summed E-state index contributed by atoms with van der Waals surface area (Å²) in [6, 6.07) is 7.64. The first kappa shape index (κ1) is 12.2. The summed E-state index contributed by atoms with van der Waals surface area (Å²) in [4.78, 5) is 0. The number of aromatic hydroxyl groups is 1. The second-order valence-electron chi connectivity index (χ2n) is 5.88. The van der Waals surface area contributed by atoms with Gasteiger partial charge in [-0.2, -0.15) is 0 Å². The molecule has 2 nitrogen and oxygen atoms in total. The summed E-state index contributed by atoms with van der Waals surface area (Å²) in [7, 11) is 0. The van der Waals surface area contributed by atoms with Crippen molar-refractivity contribution in [3.63, 3.8) is 0 Å². The van der Waals surface area contributed by atoms with Gasteiger partial charge in [0.2, 0.25) is 0 Å². The van der Waals surface area contributed by atoms with Crippen LogP contribution in [0.2, 0.25) is 0 Å². The van der Waals surface area contributed by atoms with Crippen LogP contribution in [0.15, 0.2) is 35.9 Å². The summed E-state index contributed by atoms with van der Waals surface area (Å²) >= 11 is 0. The molecule has 1 aliphatic rings. The van der Waals surface area contributed by atoms with Crippen LogP contribution in [0.25, 0.3) is 0 Å². The molecule has 92 valence electrons. The summed E-state index contributed by atoms with van der Waals surface area (Å²) in [5.74, 6) is 0.336. The average Bonchev–Trinajstić information content (AvgIpc) is 2.13. The van der Waals surface area contributed by atoms with Crippen molar-refractivity contribution in [2.24, 2.45) is 11.1 Å². The lowest BCUT2D eigenvalue weighted by Crippen LogP contribution is -2.31. The normalized spacial score (nSPS) is 23.2. The molecule has 0 radical (unpaired) electrons. The fraction of sp³-hybridized carbons (Fsp3) is 0.467. The van der Waals surface area contributed by atoms with Crippen molar-refractivity contribution in [3.8, 4) is 5.75 Å². The van der Waals surface area contributed by atoms with Gasteiger partial charge in [-0.25, -0.2) is 0 Å². The van der Waals surface area contributed by atoms with Gasteiger partial charge < -0.3 is 10.8 Å². The number of allylic oxidation sites excluding steroid dienone is 1. The van der Waals surface area contributed by atoms with Crippen LogP contribution in [0, 0.1) is 5.41 Å². The molecule has 0 saturated carbocycles. The molecule has 1 atom stereocenters. The average molecular weight is 231 g/mol. The molecule has 2 heteroatoms. The molecule has 0 bridgehead atoms. The predicted molar refractivity (Wildman–Crippen MR) is 70.9 cm³/mol. The fourth-order valence-electron chi connectivity index (χ4n) is 2.80. The third kappa shape index (κ3) is 3.34. The van der Waals surface area contributed by atoms with Gasteiger partial charge in [0.15, 0.2) is 0 Å². The highest BCUT2D eigenvalue weighted by molar-refractivity contribution is 5.31. The highest BCUT2D eigenvalue weighted by Crippen LogP contribution is 2.36. The molecular formula is C15H21NO. The molecule has 3 N–H and O–H groups in total. The topological polar surface area (TPSA) is 46.2 Å². The fourth-order valence-corrected chi connectivity index (χ4v) is 2.80. The highest BCUT2D eigenvalue weighted by atomic mass is 16.3. The molecule has 0 amide bonds. The Morgan fingerprint density at radius 1 is 1.41 bits per heavy atom. The van der Waals surface area contributed by atoms with E-state index in [2.05, 4.69) is 19.9 Å². The molecule has 1 unspecified atom stereocenters. The lowest BCUT2D eigenvalue weighted by molar-refractivity contribution is 0.299. The third-order valence-corrected chi connectivity index (χ3v) is 3.29. The maximum Gasteiger partial charge on any atom is 0.115 e. The highest BCUT2D eigenvalue weighted by Gasteiger charge is 2.26. The molecule has 0 spiro atoms. The number of hydrogen-bond acceptors (Lipinski definition) is 2. The van der Waals surface area contributed by atoms with Crippen LogP contribution < -0.4 is 5.73 Å². The Hall–Kier alpha value is -1.28. The Morgan fingerprint density at radius 2 is 2.18 bits per heavy atom. The smallest absolute Gasteiger partial charge is 0.115 e. The van der Waals surface area contributed by atoms with Gasteiger partial charge in [-0.1, -0.05) is 37.6 Å². The molecular weight excluding hydrogens is 210 g/mol. The number of benzene rings is 1. The second kappa shape index (κ2) is 4.53. The first-order chi connectivity index (χ1) is 7.94. The zero-order chi connectivity index (χ0) is 12.5. The van der Waals surface area contributed by atoms with E-state index in [1.54, 1.807) is 6.07 Å². The number of phenols is 1. The van der Waals surface area contributed by atoms with Gasteiger partial charge in [-0.3, -0.25) is 0 Å². The minimum Gasteiger partial charge on any atom is -0.508 e. The van der Waals surface area contributed by atoms with E-state index in [-0.39, 0.29) is 6.04 Å². The maximum atomic E-state index is 9.45. The Balaban J connectivity index is 2.14. The van der Waals surface area contributed by atoms with E-state index in [1.807, 2.05) is 18.2 Å². The van der Waals surface area contributed by atoms with Gasteiger partial charge in [-0.05, 0) is 42.4 Å². The van der Waals surface area contributed by atoms with Crippen molar-refractivity contribution in [1.82, 2.24) is 0 Å². The van der Waals surface area contributed by atoms with E-state index in [1.165, 1.54) is 5.57 Å². The van der Waals surface area contributed by atoms with Crippen molar-refractivity contribution >= 4 is 0 Å².